The van der Waals surface area contributed by atoms with Crippen molar-refractivity contribution >= 4 is 23.3 Å². The van der Waals surface area contributed by atoms with Gasteiger partial charge in [0.05, 0.1) is 17.3 Å². The minimum absolute atomic E-state index is 0.0460. The molecule has 0 radical (unpaired) electrons. The van der Waals surface area contributed by atoms with Gasteiger partial charge >= 0.3 is 5.97 Å². The van der Waals surface area contributed by atoms with Crippen molar-refractivity contribution < 1.29 is 14.6 Å². The van der Waals surface area contributed by atoms with E-state index in [2.05, 4.69) is 6.92 Å². The summed E-state index contributed by atoms with van der Waals surface area (Å²) < 4.78 is 5.46. The summed E-state index contributed by atoms with van der Waals surface area (Å²) in [7, 11) is 0. The molecule has 5 heteroatoms. The molecule has 0 saturated carbocycles. The zero-order valence-corrected chi connectivity index (χ0v) is 11.2. The van der Waals surface area contributed by atoms with Gasteiger partial charge in [-0.3, -0.25) is 0 Å². The van der Waals surface area contributed by atoms with E-state index in [0.29, 0.717) is 12.3 Å². The van der Waals surface area contributed by atoms with Gasteiger partial charge in [0.1, 0.15) is 11.3 Å². The lowest BCUT2D eigenvalue weighted by Gasteiger charge is -2.10. The monoisotopic (exact) mass is 271 g/mol. The number of unbranched alkanes of at least 4 members (excludes halogenated alkanes) is 3. The zero-order valence-electron chi connectivity index (χ0n) is 10.4. The van der Waals surface area contributed by atoms with Gasteiger partial charge < -0.3 is 15.6 Å². The zero-order chi connectivity index (χ0) is 13.5. The molecule has 0 amide bonds. The van der Waals surface area contributed by atoms with E-state index in [1.807, 2.05) is 0 Å². The highest BCUT2D eigenvalue weighted by molar-refractivity contribution is 6.33. The minimum atomic E-state index is -1.07. The number of rotatable bonds is 7. The molecule has 0 aliphatic rings. The normalized spacial score (nSPS) is 10.3. The number of hydrogen-bond donors (Lipinski definition) is 2. The van der Waals surface area contributed by atoms with Crippen LogP contribution in [0.15, 0.2) is 12.1 Å². The molecule has 0 atom stereocenters. The Bertz CT molecular complexity index is 421. The molecule has 0 spiro atoms. The summed E-state index contributed by atoms with van der Waals surface area (Å²) in [6.07, 6.45) is 4.27. The van der Waals surface area contributed by atoms with Gasteiger partial charge in [-0.25, -0.2) is 4.79 Å². The number of benzene rings is 1. The van der Waals surface area contributed by atoms with Crippen molar-refractivity contribution in [2.45, 2.75) is 32.6 Å². The molecular weight excluding hydrogens is 254 g/mol. The van der Waals surface area contributed by atoms with E-state index in [-0.39, 0.29) is 16.3 Å². The number of ether oxygens (including phenoxy) is 1. The summed E-state index contributed by atoms with van der Waals surface area (Å²) in [5.41, 5.74) is 6.01. The molecule has 100 valence electrons. The van der Waals surface area contributed by atoms with Crippen molar-refractivity contribution in [1.29, 1.82) is 0 Å². The van der Waals surface area contributed by atoms with Crippen LogP contribution in [0.3, 0.4) is 0 Å². The standard InChI is InChI=1S/C13H18ClNO3/c1-2-3-4-5-6-18-12-8-11(15)10(14)7-9(12)13(16)17/h7-8H,2-6,15H2,1H3,(H,16,17). The van der Waals surface area contributed by atoms with Crippen LogP contribution in [0, 0.1) is 0 Å². The molecular formula is C13H18ClNO3. The Hall–Kier alpha value is -1.42. The highest BCUT2D eigenvalue weighted by atomic mass is 35.5. The molecule has 0 unspecified atom stereocenters. The molecule has 0 heterocycles. The maximum atomic E-state index is 11.0. The van der Waals surface area contributed by atoms with Crippen molar-refractivity contribution in [2.75, 3.05) is 12.3 Å². The quantitative estimate of drug-likeness (QED) is 0.587. The van der Waals surface area contributed by atoms with Crippen molar-refractivity contribution in [1.82, 2.24) is 0 Å². The van der Waals surface area contributed by atoms with Gasteiger partial charge in [0, 0.05) is 6.07 Å². The third-order valence-corrected chi connectivity index (χ3v) is 2.91. The first kappa shape index (κ1) is 14.6. The highest BCUT2D eigenvalue weighted by Crippen LogP contribution is 2.29. The largest absolute Gasteiger partial charge is 0.493 e. The summed E-state index contributed by atoms with van der Waals surface area (Å²) in [4.78, 5) is 11.0. The van der Waals surface area contributed by atoms with E-state index >= 15 is 0 Å². The van der Waals surface area contributed by atoms with Crippen LogP contribution in [0.2, 0.25) is 5.02 Å². The molecule has 0 saturated heterocycles. The number of anilines is 1. The van der Waals surface area contributed by atoms with E-state index in [1.54, 1.807) is 0 Å². The fourth-order valence-electron chi connectivity index (χ4n) is 1.57. The molecule has 1 aromatic carbocycles. The Morgan fingerprint density at radius 2 is 2.11 bits per heavy atom. The van der Waals surface area contributed by atoms with Gasteiger partial charge in [0.15, 0.2) is 0 Å². The molecule has 0 aliphatic heterocycles. The molecule has 4 nitrogen and oxygen atoms in total. The second-order valence-electron chi connectivity index (χ2n) is 4.08. The molecule has 0 bridgehead atoms. The SMILES string of the molecule is CCCCCCOc1cc(N)c(Cl)cc1C(=O)O. The van der Waals surface area contributed by atoms with Crippen molar-refractivity contribution in [3.8, 4) is 5.75 Å². The highest BCUT2D eigenvalue weighted by Gasteiger charge is 2.14. The van der Waals surface area contributed by atoms with Gasteiger partial charge in [0.2, 0.25) is 0 Å². The van der Waals surface area contributed by atoms with Gasteiger partial charge in [-0.1, -0.05) is 37.8 Å². The summed E-state index contributed by atoms with van der Waals surface area (Å²) >= 11 is 5.79. The summed E-state index contributed by atoms with van der Waals surface area (Å²) in [5.74, 6) is -0.790. The average molecular weight is 272 g/mol. The number of nitrogens with two attached hydrogens (primary N) is 1. The van der Waals surface area contributed by atoms with E-state index in [9.17, 15) is 4.79 Å². The second kappa shape index (κ2) is 7.11. The van der Waals surface area contributed by atoms with Gasteiger partial charge in [0.25, 0.3) is 0 Å². The first-order chi connectivity index (χ1) is 8.56. The molecule has 0 fully saturated rings. The molecule has 3 N–H and O–H groups in total. The van der Waals surface area contributed by atoms with Crippen LogP contribution >= 0.6 is 11.6 Å². The number of carbonyl (C=O) groups is 1. The second-order valence-corrected chi connectivity index (χ2v) is 4.49. The molecule has 1 aromatic rings. The van der Waals surface area contributed by atoms with Gasteiger partial charge in [-0.15, -0.1) is 0 Å². The number of halogens is 1. The van der Waals surface area contributed by atoms with Gasteiger partial charge in [-0.05, 0) is 12.5 Å². The van der Waals surface area contributed by atoms with E-state index in [1.165, 1.54) is 12.1 Å². The number of hydrogen-bond acceptors (Lipinski definition) is 3. The summed E-state index contributed by atoms with van der Waals surface area (Å²) in [5, 5.41) is 9.27. The number of nitrogen functional groups attached to an aromatic ring is 1. The molecule has 0 aliphatic carbocycles. The lowest BCUT2D eigenvalue weighted by atomic mass is 10.2. The lowest BCUT2D eigenvalue weighted by molar-refractivity contribution is 0.0692. The minimum Gasteiger partial charge on any atom is -0.493 e. The molecule has 0 aromatic heterocycles. The molecule has 1 rings (SSSR count). The van der Waals surface area contributed by atoms with Crippen LogP contribution in [0.25, 0.3) is 0 Å². The number of aromatic carboxylic acids is 1. The van der Waals surface area contributed by atoms with Crippen LogP contribution in [0.5, 0.6) is 5.75 Å². The number of carboxylic acids is 1. The third kappa shape index (κ3) is 4.11. The predicted molar refractivity (Wildman–Crippen MR) is 72.5 cm³/mol. The van der Waals surface area contributed by atoms with E-state index in [4.69, 9.17) is 27.2 Å². The van der Waals surface area contributed by atoms with Crippen molar-refractivity contribution in [3.63, 3.8) is 0 Å². The topological polar surface area (TPSA) is 72.5 Å². The van der Waals surface area contributed by atoms with E-state index in [0.717, 1.165) is 25.7 Å². The van der Waals surface area contributed by atoms with Crippen LogP contribution in [0.4, 0.5) is 5.69 Å². The Balaban J connectivity index is 2.68. The summed E-state index contributed by atoms with van der Waals surface area (Å²) in [6.45, 7) is 2.62. The van der Waals surface area contributed by atoms with Crippen LogP contribution < -0.4 is 10.5 Å². The van der Waals surface area contributed by atoms with Gasteiger partial charge in [-0.2, -0.15) is 0 Å². The predicted octanol–water partition coefficient (Wildman–Crippen LogP) is 3.58. The fraction of sp³-hybridized carbons (Fsp3) is 0.462. The Kier molecular flexibility index (Phi) is 5.78. The smallest absolute Gasteiger partial charge is 0.339 e. The summed E-state index contributed by atoms with van der Waals surface area (Å²) in [6, 6.07) is 2.78. The van der Waals surface area contributed by atoms with Crippen LogP contribution in [-0.4, -0.2) is 17.7 Å². The average Bonchev–Trinajstić information content (AvgIpc) is 2.32. The van der Waals surface area contributed by atoms with Crippen LogP contribution in [-0.2, 0) is 0 Å². The van der Waals surface area contributed by atoms with Crippen molar-refractivity contribution in [2.24, 2.45) is 0 Å². The lowest BCUT2D eigenvalue weighted by Crippen LogP contribution is -2.05. The Labute approximate surface area is 112 Å². The molecule has 18 heavy (non-hydrogen) atoms. The first-order valence-corrected chi connectivity index (χ1v) is 6.39. The Morgan fingerprint density at radius 1 is 1.39 bits per heavy atom. The van der Waals surface area contributed by atoms with E-state index < -0.39 is 5.97 Å². The maximum Gasteiger partial charge on any atom is 0.339 e. The number of carboxylic acid groups (broad SMARTS) is 1. The Morgan fingerprint density at radius 3 is 2.72 bits per heavy atom. The van der Waals surface area contributed by atoms with Crippen LogP contribution in [0.1, 0.15) is 43.0 Å². The third-order valence-electron chi connectivity index (χ3n) is 2.58. The van der Waals surface area contributed by atoms with Crippen molar-refractivity contribution in [3.05, 3.63) is 22.7 Å². The maximum absolute atomic E-state index is 11.0. The fourth-order valence-corrected chi connectivity index (χ4v) is 1.73. The first-order valence-electron chi connectivity index (χ1n) is 6.01.